The topological polar surface area (TPSA) is 35.9 Å². The predicted molar refractivity (Wildman–Crippen MR) is 98.5 cm³/mol. The summed E-state index contributed by atoms with van der Waals surface area (Å²) in [6.07, 6.45) is -3.55. The molecule has 7 heteroatoms. The maximum atomic E-state index is 13.2. The first-order chi connectivity index (χ1) is 12.9. The number of hydrogen-bond donors (Lipinski definition) is 1. The van der Waals surface area contributed by atoms with E-state index in [9.17, 15) is 18.3 Å². The van der Waals surface area contributed by atoms with Crippen molar-refractivity contribution in [3.05, 3.63) is 53.6 Å². The number of nitrogens with zero attached hydrogens (tertiary/aromatic N) is 2. The Hall–Kier alpha value is -2.41. The molecule has 0 spiro atoms. The summed E-state index contributed by atoms with van der Waals surface area (Å²) in [5, 5.41) is 9.65. The molecule has 1 heterocycles. The van der Waals surface area contributed by atoms with Crippen LogP contribution < -0.4 is 9.64 Å². The van der Waals surface area contributed by atoms with Gasteiger partial charge in [-0.1, -0.05) is 18.2 Å². The average Bonchev–Trinajstić information content (AvgIpc) is 2.67. The minimum atomic E-state index is -4.34. The zero-order valence-corrected chi connectivity index (χ0v) is 15.2. The Morgan fingerprint density at radius 1 is 1.04 bits per heavy atom. The smallest absolute Gasteiger partial charge is 0.418 e. The van der Waals surface area contributed by atoms with Gasteiger partial charge in [0.2, 0.25) is 0 Å². The summed E-state index contributed by atoms with van der Waals surface area (Å²) in [5.41, 5.74) is 0.733. The third-order valence-electron chi connectivity index (χ3n) is 4.88. The zero-order chi connectivity index (χ0) is 19.4. The highest BCUT2D eigenvalue weighted by molar-refractivity contribution is 5.55. The van der Waals surface area contributed by atoms with Gasteiger partial charge in [0.1, 0.15) is 0 Å². The molecule has 0 bridgehead atoms. The van der Waals surface area contributed by atoms with E-state index in [-0.39, 0.29) is 11.4 Å². The van der Waals surface area contributed by atoms with Crippen LogP contribution in [0.15, 0.2) is 42.5 Å². The van der Waals surface area contributed by atoms with Crippen LogP contribution in [0, 0.1) is 0 Å². The van der Waals surface area contributed by atoms with Gasteiger partial charge >= 0.3 is 6.18 Å². The van der Waals surface area contributed by atoms with Gasteiger partial charge in [-0.05, 0) is 36.2 Å². The Morgan fingerprint density at radius 2 is 1.74 bits per heavy atom. The van der Waals surface area contributed by atoms with E-state index in [0.29, 0.717) is 31.9 Å². The highest BCUT2D eigenvalue weighted by Gasteiger charge is 2.35. The van der Waals surface area contributed by atoms with Crippen molar-refractivity contribution in [3.8, 4) is 11.5 Å². The van der Waals surface area contributed by atoms with Gasteiger partial charge in [0.05, 0.1) is 12.7 Å². The summed E-state index contributed by atoms with van der Waals surface area (Å²) in [5.74, 6) is 0.555. The minimum Gasteiger partial charge on any atom is -0.504 e. The SMILES string of the molecule is COc1cc(CCN2CCN(c3ccccc3C(F)(F)F)CC2)ccc1O. The Balaban J connectivity index is 1.57. The number of para-hydroxylation sites is 1. The first kappa shape index (κ1) is 19.4. The van der Waals surface area contributed by atoms with Crippen LogP contribution in [-0.2, 0) is 12.6 Å². The summed E-state index contributed by atoms with van der Waals surface area (Å²) < 4.78 is 44.8. The Kier molecular flexibility index (Phi) is 5.79. The van der Waals surface area contributed by atoms with Crippen LogP contribution in [-0.4, -0.2) is 49.8 Å². The number of piperazine rings is 1. The fraction of sp³-hybridized carbons (Fsp3) is 0.400. The Labute approximate surface area is 156 Å². The molecule has 0 aliphatic carbocycles. The van der Waals surface area contributed by atoms with Crippen LogP contribution in [0.25, 0.3) is 0 Å². The normalized spacial score (nSPS) is 15.8. The van der Waals surface area contributed by atoms with Gasteiger partial charge in [-0.2, -0.15) is 13.2 Å². The molecule has 1 aliphatic heterocycles. The fourth-order valence-electron chi connectivity index (χ4n) is 3.37. The van der Waals surface area contributed by atoms with Crippen molar-refractivity contribution in [3.63, 3.8) is 0 Å². The quantitative estimate of drug-likeness (QED) is 0.856. The number of aromatic hydroxyl groups is 1. The largest absolute Gasteiger partial charge is 0.504 e. The number of phenols is 1. The highest BCUT2D eigenvalue weighted by Crippen LogP contribution is 2.36. The van der Waals surface area contributed by atoms with E-state index in [1.54, 1.807) is 18.2 Å². The molecule has 4 nitrogen and oxygen atoms in total. The molecule has 0 aromatic heterocycles. The molecule has 146 valence electrons. The molecule has 1 N–H and O–H groups in total. The van der Waals surface area contributed by atoms with Crippen molar-refractivity contribution in [2.24, 2.45) is 0 Å². The number of phenolic OH excluding ortho intramolecular Hbond substituents is 1. The zero-order valence-electron chi connectivity index (χ0n) is 15.2. The summed E-state index contributed by atoms with van der Waals surface area (Å²) in [4.78, 5) is 4.05. The van der Waals surface area contributed by atoms with Crippen molar-refractivity contribution < 1.29 is 23.0 Å². The molecule has 27 heavy (non-hydrogen) atoms. The molecule has 0 amide bonds. The second kappa shape index (κ2) is 8.08. The number of hydrogen-bond acceptors (Lipinski definition) is 4. The summed E-state index contributed by atoms with van der Waals surface area (Å²) in [6.45, 7) is 3.35. The predicted octanol–water partition coefficient (Wildman–Crippen LogP) is 3.78. The van der Waals surface area contributed by atoms with Gasteiger partial charge in [-0.3, -0.25) is 4.90 Å². The van der Waals surface area contributed by atoms with Crippen LogP contribution in [0.1, 0.15) is 11.1 Å². The van der Waals surface area contributed by atoms with Crippen LogP contribution in [0.2, 0.25) is 0 Å². The first-order valence-corrected chi connectivity index (χ1v) is 8.88. The molecular formula is C20H23F3N2O2. The van der Waals surface area contributed by atoms with Crippen LogP contribution >= 0.6 is 0 Å². The van der Waals surface area contributed by atoms with Crippen LogP contribution in [0.3, 0.4) is 0 Å². The fourth-order valence-corrected chi connectivity index (χ4v) is 3.37. The average molecular weight is 380 g/mol. The molecule has 1 saturated heterocycles. The number of alkyl halides is 3. The molecule has 1 aliphatic rings. The van der Waals surface area contributed by atoms with Crippen molar-refractivity contribution in [2.75, 3.05) is 44.7 Å². The number of ether oxygens (including phenoxy) is 1. The van der Waals surface area contributed by atoms with Crippen molar-refractivity contribution >= 4 is 5.69 Å². The summed E-state index contributed by atoms with van der Waals surface area (Å²) in [7, 11) is 1.51. The highest BCUT2D eigenvalue weighted by atomic mass is 19.4. The van der Waals surface area contributed by atoms with E-state index in [0.717, 1.165) is 24.6 Å². The van der Waals surface area contributed by atoms with E-state index in [1.807, 2.05) is 17.0 Å². The van der Waals surface area contributed by atoms with E-state index >= 15 is 0 Å². The number of halogens is 3. The molecular weight excluding hydrogens is 357 g/mol. The van der Waals surface area contributed by atoms with Crippen molar-refractivity contribution in [2.45, 2.75) is 12.6 Å². The number of rotatable bonds is 5. The Bertz CT molecular complexity index is 772. The molecule has 0 atom stereocenters. The Morgan fingerprint density at radius 3 is 2.41 bits per heavy atom. The molecule has 0 saturated carbocycles. The lowest BCUT2D eigenvalue weighted by atomic mass is 10.1. The van der Waals surface area contributed by atoms with Crippen molar-refractivity contribution in [1.82, 2.24) is 4.90 Å². The van der Waals surface area contributed by atoms with Gasteiger partial charge in [0.25, 0.3) is 0 Å². The maximum absolute atomic E-state index is 13.2. The molecule has 2 aromatic carbocycles. The van der Waals surface area contributed by atoms with Gasteiger partial charge in [-0.25, -0.2) is 0 Å². The lowest BCUT2D eigenvalue weighted by Gasteiger charge is -2.37. The van der Waals surface area contributed by atoms with Gasteiger partial charge in [0, 0.05) is 38.4 Å². The van der Waals surface area contributed by atoms with E-state index < -0.39 is 11.7 Å². The molecule has 3 rings (SSSR count). The number of anilines is 1. The number of methoxy groups -OCH3 is 1. The van der Waals surface area contributed by atoms with Crippen LogP contribution in [0.4, 0.5) is 18.9 Å². The number of benzene rings is 2. The monoisotopic (exact) mass is 380 g/mol. The summed E-state index contributed by atoms with van der Waals surface area (Å²) in [6, 6.07) is 11.0. The third kappa shape index (κ3) is 4.66. The van der Waals surface area contributed by atoms with Gasteiger partial charge in [-0.15, -0.1) is 0 Å². The van der Waals surface area contributed by atoms with Gasteiger partial charge < -0.3 is 14.7 Å². The third-order valence-corrected chi connectivity index (χ3v) is 4.88. The van der Waals surface area contributed by atoms with Gasteiger partial charge in [0.15, 0.2) is 11.5 Å². The van der Waals surface area contributed by atoms with E-state index in [4.69, 9.17) is 4.74 Å². The molecule has 0 unspecified atom stereocenters. The second-order valence-corrected chi connectivity index (χ2v) is 6.60. The lowest BCUT2D eigenvalue weighted by molar-refractivity contribution is -0.137. The summed E-state index contributed by atoms with van der Waals surface area (Å²) >= 11 is 0. The lowest BCUT2D eigenvalue weighted by Crippen LogP contribution is -2.47. The second-order valence-electron chi connectivity index (χ2n) is 6.60. The first-order valence-electron chi connectivity index (χ1n) is 8.88. The van der Waals surface area contributed by atoms with Crippen molar-refractivity contribution in [1.29, 1.82) is 0 Å². The molecule has 1 fully saturated rings. The standard InChI is InChI=1S/C20H23F3N2O2/c1-27-19-14-15(6-7-18(19)26)8-9-24-10-12-25(13-11-24)17-5-3-2-4-16(17)20(21,22)23/h2-7,14,26H,8-13H2,1H3. The van der Waals surface area contributed by atoms with Crippen LogP contribution in [0.5, 0.6) is 11.5 Å². The molecule has 2 aromatic rings. The van der Waals surface area contributed by atoms with E-state index in [1.165, 1.54) is 13.2 Å². The minimum absolute atomic E-state index is 0.109. The molecule has 0 radical (unpaired) electrons. The van der Waals surface area contributed by atoms with E-state index in [2.05, 4.69) is 4.90 Å². The maximum Gasteiger partial charge on any atom is 0.418 e.